The van der Waals surface area contributed by atoms with E-state index in [2.05, 4.69) is 13.8 Å². The van der Waals surface area contributed by atoms with E-state index < -0.39 is 0 Å². The van der Waals surface area contributed by atoms with Crippen LogP contribution >= 0.6 is 0 Å². The Morgan fingerprint density at radius 1 is 1.31 bits per heavy atom. The second kappa shape index (κ2) is 5.41. The van der Waals surface area contributed by atoms with Gasteiger partial charge in [-0.05, 0) is 36.8 Å². The van der Waals surface area contributed by atoms with Crippen LogP contribution in [0.3, 0.4) is 0 Å². The zero-order valence-electron chi connectivity index (χ0n) is 9.05. The third-order valence-electron chi connectivity index (χ3n) is 3.45. The summed E-state index contributed by atoms with van der Waals surface area (Å²) in [5, 5.41) is 7.13. The summed E-state index contributed by atoms with van der Waals surface area (Å²) < 4.78 is 0. The molecule has 0 aromatic carbocycles. The molecular weight excluding hydrogens is 158 g/mol. The molecule has 1 N–H and O–H groups in total. The highest BCUT2D eigenvalue weighted by Gasteiger charge is 2.18. The zero-order valence-corrected chi connectivity index (χ0v) is 9.05. The first kappa shape index (κ1) is 10.7. The molecule has 0 bridgehead atoms. The van der Waals surface area contributed by atoms with Crippen molar-refractivity contribution >= 4 is 6.21 Å². The van der Waals surface area contributed by atoms with E-state index in [1.54, 1.807) is 6.21 Å². The van der Waals surface area contributed by atoms with Gasteiger partial charge in [0.2, 0.25) is 0 Å². The van der Waals surface area contributed by atoms with E-state index in [9.17, 15) is 0 Å². The van der Waals surface area contributed by atoms with Gasteiger partial charge in [-0.15, -0.1) is 0 Å². The maximum Gasteiger partial charge on any atom is -0.00195 e. The molecule has 1 nitrogen and oxygen atoms in total. The van der Waals surface area contributed by atoms with E-state index >= 15 is 0 Å². The molecule has 0 aliphatic heterocycles. The Morgan fingerprint density at radius 2 is 1.92 bits per heavy atom. The van der Waals surface area contributed by atoms with Crippen molar-refractivity contribution in [3.8, 4) is 0 Å². The quantitative estimate of drug-likeness (QED) is 0.636. The minimum absolute atomic E-state index is 0.499. The lowest BCUT2D eigenvalue weighted by Crippen LogP contribution is -2.13. The molecule has 1 fully saturated rings. The smallest absolute Gasteiger partial charge is 0.00195 e. The second-order valence-corrected chi connectivity index (χ2v) is 4.85. The zero-order chi connectivity index (χ0) is 9.68. The third kappa shape index (κ3) is 3.93. The summed E-state index contributed by atoms with van der Waals surface area (Å²) in [4.78, 5) is 0. The van der Waals surface area contributed by atoms with Crippen LogP contribution < -0.4 is 0 Å². The lowest BCUT2D eigenvalue weighted by Gasteiger charge is -2.26. The second-order valence-electron chi connectivity index (χ2n) is 4.85. The van der Waals surface area contributed by atoms with Crippen LogP contribution in [0.4, 0.5) is 0 Å². The Labute approximate surface area is 82.4 Å². The highest BCUT2D eigenvalue weighted by atomic mass is 14.3. The van der Waals surface area contributed by atoms with E-state index in [1.807, 2.05) is 0 Å². The van der Waals surface area contributed by atoms with Crippen molar-refractivity contribution in [2.24, 2.45) is 17.8 Å². The topological polar surface area (TPSA) is 23.9 Å². The molecule has 0 heterocycles. The van der Waals surface area contributed by atoms with Crippen molar-refractivity contribution in [1.82, 2.24) is 0 Å². The van der Waals surface area contributed by atoms with Crippen LogP contribution in [0.5, 0.6) is 0 Å². The largest absolute Gasteiger partial charge is 0.313 e. The number of hydrogen-bond acceptors (Lipinski definition) is 1. The molecule has 1 aliphatic carbocycles. The van der Waals surface area contributed by atoms with Gasteiger partial charge in [-0.2, -0.15) is 0 Å². The maximum absolute atomic E-state index is 7.13. The average molecular weight is 181 g/mol. The summed E-state index contributed by atoms with van der Waals surface area (Å²) in [6.07, 6.45) is 9.91. The number of hydrogen-bond donors (Lipinski definition) is 1. The summed E-state index contributed by atoms with van der Waals surface area (Å²) in [6, 6.07) is 0. The summed E-state index contributed by atoms with van der Waals surface area (Å²) in [6.45, 7) is 4.52. The Morgan fingerprint density at radius 3 is 2.46 bits per heavy atom. The summed E-state index contributed by atoms with van der Waals surface area (Å²) in [5.41, 5.74) is 0. The van der Waals surface area contributed by atoms with Gasteiger partial charge in [-0.3, -0.25) is 0 Å². The molecule has 0 aromatic heterocycles. The van der Waals surface area contributed by atoms with Crippen molar-refractivity contribution in [2.75, 3.05) is 0 Å². The van der Waals surface area contributed by atoms with Gasteiger partial charge in [0.1, 0.15) is 0 Å². The van der Waals surface area contributed by atoms with Gasteiger partial charge >= 0.3 is 0 Å². The number of rotatable bonds is 4. The van der Waals surface area contributed by atoms with E-state index in [0.29, 0.717) is 5.92 Å². The molecule has 0 amide bonds. The van der Waals surface area contributed by atoms with Crippen molar-refractivity contribution < 1.29 is 0 Å². The van der Waals surface area contributed by atoms with Gasteiger partial charge in [0, 0.05) is 0 Å². The minimum Gasteiger partial charge on any atom is -0.313 e. The first-order valence-corrected chi connectivity index (χ1v) is 5.73. The first-order chi connectivity index (χ1) is 6.22. The van der Waals surface area contributed by atoms with Gasteiger partial charge in [0.25, 0.3) is 0 Å². The lowest BCUT2D eigenvalue weighted by atomic mass is 9.80. The molecule has 0 spiro atoms. The monoisotopic (exact) mass is 181 g/mol. The van der Waals surface area contributed by atoms with Crippen LogP contribution in [-0.4, -0.2) is 6.21 Å². The van der Waals surface area contributed by atoms with Crippen LogP contribution in [0, 0.1) is 23.2 Å². The van der Waals surface area contributed by atoms with E-state index in [-0.39, 0.29) is 0 Å². The Kier molecular flexibility index (Phi) is 4.47. The molecule has 1 unspecified atom stereocenters. The van der Waals surface area contributed by atoms with Gasteiger partial charge < -0.3 is 5.41 Å². The fourth-order valence-corrected chi connectivity index (χ4v) is 2.20. The van der Waals surface area contributed by atoms with Crippen molar-refractivity contribution in [2.45, 2.75) is 52.4 Å². The van der Waals surface area contributed by atoms with Crippen LogP contribution in [0.15, 0.2) is 0 Å². The molecule has 13 heavy (non-hydrogen) atoms. The molecule has 1 saturated carbocycles. The van der Waals surface area contributed by atoms with Gasteiger partial charge in [0.05, 0.1) is 0 Å². The SMILES string of the molecule is CC(C=N)CCC1CCC(C)CC1. The molecular formula is C12H23N. The molecule has 1 atom stereocenters. The van der Waals surface area contributed by atoms with Crippen LogP contribution in [0.2, 0.25) is 0 Å². The molecule has 0 radical (unpaired) electrons. The van der Waals surface area contributed by atoms with E-state index in [0.717, 1.165) is 11.8 Å². The normalized spacial score (nSPS) is 31.2. The van der Waals surface area contributed by atoms with Gasteiger partial charge in [0.15, 0.2) is 0 Å². The predicted molar refractivity (Wildman–Crippen MR) is 58.3 cm³/mol. The molecule has 76 valence electrons. The number of nitrogens with one attached hydrogen (secondary N) is 1. The Hall–Kier alpha value is -0.330. The van der Waals surface area contributed by atoms with Crippen molar-refractivity contribution in [3.05, 3.63) is 0 Å². The molecule has 0 saturated heterocycles. The molecule has 1 rings (SSSR count). The minimum atomic E-state index is 0.499. The van der Waals surface area contributed by atoms with Crippen LogP contribution in [0.25, 0.3) is 0 Å². The third-order valence-corrected chi connectivity index (χ3v) is 3.45. The summed E-state index contributed by atoms with van der Waals surface area (Å²) in [7, 11) is 0. The average Bonchev–Trinajstić information content (AvgIpc) is 2.16. The maximum atomic E-state index is 7.13. The predicted octanol–water partition coefficient (Wildman–Crippen LogP) is 3.88. The highest BCUT2D eigenvalue weighted by molar-refractivity contribution is 5.55. The molecule has 1 aliphatic rings. The van der Waals surface area contributed by atoms with Crippen molar-refractivity contribution in [1.29, 1.82) is 5.41 Å². The fourth-order valence-electron chi connectivity index (χ4n) is 2.20. The Balaban J connectivity index is 2.12. The first-order valence-electron chi connectivity index (χ1n) is 5.73. The molecule has 0 aromatic rings. The summed E-state index contributed by atoms with van der Waals surface area (Å²) >= 11 is 0. The standard InChI is InChI=1S/C12H23N/c1-10-3-6-12(7-4-10)8-5-11(2)9-13/h9-13H,3-8H2,1-2H3. The van der Waals surface area contributed by atoms with Crippen LogP contribution in [-0.2, 0) is 0 Å². The van der Waals surface area contributed by atoms with Gasteiger partial charge in [-0.25, -0.2) is 0 Å². The Bertz CT molecular complexity index is 145. The highest BCUT2D eigenvalue weighted by Crippen LogP contribution is 2.31. The fraction of sp³-hybridized carbons (Fsp3) is 0.917. The van der Waals surface area contributed by atoms with Crippen molar-refractivity contribution in [3.63, 3.8) is 0 Å². The van der Waals surface area contributed by atoms with E-state index in [1.165, 1.54) is 38.5 Å². The van der Waals surface area contributed by atoms with Gasteiger partial charge in [-0.1, -0.05) is 39.5 Å². The molecule has 1 heteroatoms. The summed E-state index contributed by atoms with van der Waals surface area (Å²) in [5.74, 6) is 2.44. The van der Waals surface area contributed by atoms with Crippen LogP contribution in [0.1, 0.15) is 52.4 Å². The van der Waals surface area contributed by atoms with E-state index in [4.69, 9.17) is 5.41 Å². The lowest BCUT2D eigenvalue weighted by molar-refractivity contribution is 0.269.